The maximum Gasteiger partial charge on any atom is 0.499 e. The molecule has 3 aliphatic heterocycles. The van der Waals surface area contributed by atoms with Crippen molar-refractivity contribution in [2.24, 2.45) is 0 Å². The number of ether oxygens (including phenoxy) is 1. The largest absolute Gasteiger partial charge is 0.499 e. The van der Waals surface area contributed by atoms with E-state index in [9.17, 15) is 0 Å². The second-order valence-electron chi connectivity index (χ2n) is 22.9. The van der Waals surface area contributed by atoms with Gasteiger partial charge in [0.1, 0.15) is 16.8 Å². The van der Waals surface area contributed by atoms with Gasteiger partial charge in [-0.2, -0.15) is 4.57 Å². The number of aromatic nitrogens is 3. The number of pyridine rings is 1. The van der Waals surface area contributed by atoms with Crippen molar-refractivity contribution in [2.75, 3.05) is 0 Å². The normalized spacial score (nSPS) is 15.5. The van der Waals surface area contributed by atoms with Gasteiger partial charge >= 0.3 is 11.7 Å². The summed E-state index contributed by atoms with van der Waals surface area (Å²) in [5.41, 5.74) is 25.2. The zero-order valence-electron chi connectivity index (χ0n) is 41.7. The highest BCUT2D eigenvalue weighted by atomic mass is 16.5. The summed E-state index contributed by atoms with van der Waals surface area (Å²) < 4.78 is 15.5. The SMILES string of the molecule is Cc1cc(C)c2c(c1)-c1n(-c3cc(-c4ccccc4)c(C)cc3-c3ccc(C(C)(C)C)cc3)c3cccc4c3[n+]1C1(O2)c2c-4cc(C(C)(C)C)cc2-c2cc(-c3ccc(C(C)(C)C)cc3)cc[n+]21. The molecular weight excluding hydrogens is 827 g/mol. The Morgan fingerprint density at radius 3 is 1.76 bits per heavy atom. The first-order valence-electron chi connectivity index (χ1n) is 24.4. The first kappa shape index (κ1) is 42.3. The lowest BCUT2D eigenvalue weighted by Crippen LogP contribution is -2.78. The van der Waals surface area contributed by atoms with Gasteiger partial charge < -0.3 is 4.74 Å². The zero-order chi connectivity index (χ0) is 47.4. The fraction of sp³-hybridized carbons (Fsp3) is 0.250. The van der Waals surface area contributed by atoms with Crippen molar-refractivity contribution in [1.82, 2.24) is 4.57 Å². The summed E-state index contributed by atoms with van der Waals surface area (Å²) >= 11 is 0. The Balaban J connectivity index is 1.23. The number of benzene rings is 7. The van der Waals surface area contributed by atoms with Gasteiger partial charge in [0.15, 0.2) is 23.0 Å². The summed E-state index contributed by atoms with van der Waals surface area (Å²) in [7, 11) is 0. The quantitative estimate of drug-likeness (QED) is 0.161. The Kier molecular flexibility index (Phi) is 8.87. The van der Waals surface area contributed by atoms with E-state index in [0.717, 1.165) is 45.1 Å². The predicted molar refractivity (Wildman–Crippen MR) is 280 cm³/mol. The lowest BCUT2D eigenvalue weighted by molar-refractivity contribution is -0.997. The highest BCUT2D eigenvalue weighted by Crippen LogP contribution is 2.55. The van der Waals surface area contributed by atoms with Gasteiger partial charge in [0.25, 0.3) is 0 Å². The van der Waals surface area contributed by atoms with Crippen molar-refractivity contribution in [3.05, 3.63) is 191 Å². The van der Waals surface area contributed by atoms with Gasteiger partial charge in [-0.05, 0) is 141 Å². The van der Waals surface area contributed by atoms with E-state index in [2.05, 4.69) is 249 Å². The van der Waals surface area contributed by atoms with Gasteiger partial charge in [-0.1, -0.05) is 153 Å². The van der Waals surface area contributed by atoms with E-state index in [-0.39, 0.29) is 16.2 Å². The molecule has 1 spiro atoms. The maximum atomic E-state index is 7.95. The van der Waals surface area contributed by atoms with Crippen LogP contribution in [0.5, 0.6) is 5.75 Å². The third-order valence-electron chi connectivity index (χ3n) is 15.1. The molecule has 1 unspecified atom stereocenters. The molecule has 0 N–H and O–H groups in total. The molecule has 9 aromatic rings. The standard InChI is InChI=1S/C64H61N3O/c1-38-31-40(3)59-53(32-38)60-66(56-37-49(42-17-14-13-15-18-42)39(2)33-50(56)43-23-27-46(28-24-43)62(7,8)9)54-20-16-19-48-51-35-47(63(10,11)12)36-52-55-34-44(41-21-25-45(26-22-41)61(4,5)6)29-30-65(55)64(68-59,57(51)52)67(60)58(48)54/h13-37H,1-12H3/q+2. The number of fused-ring (bicyclic) bond motifs is 5. The molecule has 336 valence electrons. The van der Waals surface area contributed by atoms with Crippen LogP contribution >= 0.6 is 0 Å². The first-order valence-corrected chi connectivity index (χ1v) is 24.4. The molecule has 0 radical (unpaired) electrons. The number of hydrogen-bond donors (Lipinski definition) is 0. The van der Waals surface area contributed by atoms with Crippen LogP contribution in [0, 0.1) is 20.8 Å². The van der Waals surface area contributed by atoms with Crippen molar-refractivity contribution < 1.29 is 13.9 Å². The molecule has 0 amide bonds. The number of hydrogen-bond acceptors (Lipinski definition) is 1. The van der Waals surface area contributed by atoms with Gasteiger partial charge in [-0.25, -0.2) is 0 Å². The minimum atomic E-state index is -1.06. The summed E-state index contributed by atoms with van der Waals surface area (Å²) in [6.07, 6.45) is 2.30. The van der Waals surface area contributed by atoms with Crippen molar-refractivity contribution in [2.45, 2.75) is 105 Å². The number of nitrogens with zero attached hydrogens (tertiary/aromatic N) is 3. The van der Waals surface area contributed by atoms with Crippen LogP contribution in [0.2, 0.25) is 0 Å². The van der Waals surface area contributed by atoms with E-state index in [0.29, 0.717) is 0 Å². The Morgan fingerprint density at radius 1 is 0.471 bits per heavy atom. The minimum absolute atomic E-state index is 0.0355. The molecule has 0 saturated heterocycles. The highest BCUT2D eigenvalue weighted by Gasteiger charge is 2.69. The molecule has 4 heteroatoms. The van der Waals surface area contributed by atoms with Crippen LogP contribution in [0.4, 0.5) is 0 Å². The van der Waals surface area contributed by atoms with Crippen LogP contribution in [0.3, 0.4) is 0 Å². The second-order valence-corrected chi connectivity index (χ2v) is 22.9. The third-order valence-corrected chi connectivity index (χ3v) is 15.1. The summed E-state index contributed by atoms with van der Waals surface area (Å²) in [6, 6.07) is 55.4. The monoisotopic (exact) mass is 887 g/mol. The Labute approximate surface area is 402 Å². The van der Waals surface area contributed by atoms with Gasteiger partial charge in [-0.15, -0.1) is 9.13 Å². The number of rotatable bonds is 4. The smallest absolute Gasteiger partial charge is 0.392 e. The molecule has 0 saturated carbocycles. The third kappa shape index (κ3) is 6.05. The molecule has 0 aliphatic carbocycles. The fourth-order valence-corrected chi connectivity index (χ4v) is 11.5. The van der Waals surface area contributed by atoms with Crippen LogP contribution < -0.4 is 13.9 Å². The Bertz CT molecular complexity index is 3590. The van der Waals surface area contributed by atoms with E-state index < -0.39 is 5.85 Å². The van der Waals surface area contributed by atoms with Gasteiger partial charge in [0.2, 0.25) is 5.69 Å². The minimum Gasteiger partial charge on any atom is -0.392 e. The van der Waals surface area contributed by atoms with Gasteiger partial charge in [0.05, 0.1) is 5.56 Å². The molecule has 5 heterocycles. The van der Waals surface area contributed by atoms with Crippen molar-refractivity contribution >= 4 is 11.0 Å². The molecule has 3 aliphatic rings. The van der Waals surface area contributed by atoms with Crippen LogP contribution in [-0.4, -0.2) is 4.57 Å². The van der Waals surface area contributed by atoms with E-state index in [1.165, 1.54) is 83.5 Å². The Morgan fingerprint density at radius 2 is 1.10 bits per heavy atom. The van der Waals surface area contributed by atoms with Crippen molar-refractivity contribution in [3.8, 4) is 78.6 Å². The number of aryl methyl sites for hydroxylation is 3. The van der Waals surface area contributed by atoms with E-state index >= 15 is 0 Å². The van der Waals surface area contributed by atoms with E-state index in [1.807, 2.05) is 0 Å². The summed E-state index contributed by atoms with van der Waals surface area (Å²) in [4.78, 5) is 0. The fourth-order valence-electron chi connectivity index (χ4n) is 11.5. The molecule has 4 nitrogen and oxygen atoms in total. The molecule has 12 rings (SSSR count). The second kappa shape index (κ2) is 14.2. The van der Waals surface area contributed by atoms with Crippen LogP contribution in [-0.2, 0) is 22.1 Å². The van der Waals surface area contributed by atoms with E-state index in [1.54, 1.807) is 0 Å². The molecule has 68 heavy (non-hydrogen) atoms. The van der Waals surface area contributed by atoms with Gasteiger partial charge in [0, 0.05) is 28.8 Å². The van der Waals surface area contributed by atoms with E-state index in [4.69, 9.17) is 4.74 Å². The van der Waals surface area contributed by atoms with Crippen molar-refractivity contribution in [1.29, 1.82) is 0 Å². The summed E-state index contributed by atoms with van der Waals surface area (Å²) in [6.45, 7) is 27.4. The average Bonchev–Trinajstić information content (AvgIpc) is 3.80. The van der Waals surface area contributed by atoms with Crippen molar-refractivity contribution in [3.63, 3.8) is 0 Å². The average molecular weight is 888 g/mol. The molecule has 0 fully saturated rings. The molecule has 7 aromatic carbocycles. The molecule has 2 aromatic heterocycles. The summed E-state index contributed by atoms with van der Waals surface area (Å²) in [5, 5.41) is 0. The summed E-state index contributed by atoms with van der Waals surface area (Å²) in [5.74, 6) is 0.954. The topological polar surface area (TPSA) is 21.9 Å². The van der Waals surface area contributed by atoms with Gasteiger partial charge in [-0.3, -0.25) is 0 Å². The molecule has 0 bridgehead atoms. The lowest BCUT2D eigenvalue weighted by Gasteiger charge is -2.33. The zero-order valence-corrected chi connectivity index (χ0v) is 41.7. The molecular formula is C64H61N3O+2. The lowest BCUT2D eigenvalue weighted by atomic mass is 9.80. The Hall–Kier alpha value is -7.04. The van der Waals surface area contributed by atoms with Crippen LogP contribution in [0.15, 0.2) is 152 Å². The highest BCUT2D eigenvalue weighted by molar-refractivity contribution is 5.99. The van der Waals surface area contributed by atoms with Crippen LogP contribution in [0.25, 0.3) is 83.9 Å². The first-order chi connectivity index (χ1) is 32.3. The number of imidazole rings is 1. The molecule has 1 atom stereocenters. The maximum absolute atomic E-state index is 7.95. The predicted octanol–water partition coefficient (Wildman–Crippen LogP) is 15.3. The van der Waals surface area contributed by atoms with Crippen LogP contribution in [0.1, 0.15) is 101 Å². The number of para-hydroxylation sites is 1.